The molecule has 0 saturated heterocycles. The van der Waals surface area contributed by atoms with Crippen LogP contribution in [0.5, 0.6) is 0 Å². The molecule has 1 aromatic heterocycles. The first-order valence-electron chi connectivity index (χ1n) is 4.44. The summed E-state index contributed by atoms with van der Waals surface area (Å²) in [5.41, 5.74) is 5.92. The van der Waals surface area contributed by atoms with Crippen LogP contribution in [-0.2, 0) is 9.53 Å². The van der Waals surface area contributed by atoms with Crippen molar-refractivity contribution in [3.8, 4) is 11.8 Å². The molecule has 2 N–H and O–H groups in total. The van der Waals surface area contributed by atoms with Crippen LogP contribution < -0.4 is 5.73 Å². The van der Waals surface area contributed by atoms with E-state index in [2.05, 4.69) is 21.8 Å². The summed E-state index contributed by atoms with van der Waals surface area (Å²) >= 11 is 0. The van der Waals surface area contributed by atoms with Crippen molar-refractivity contribution in [3.05, 3.63) is 18.0 Å². The molecule has 5 heteroatoms. The molecule has 5 nitrogen and oxygen atoms in total. The number of ether oxygens (including phenoxy) is 1. The van der Waals surface area contributed by atoms with Crippen molar-refractivity contribution in [2.45, 2.75) is 13.3 Å². The lowest BCUT2D eigenvalue weighted by Crippen LogP contribution is -2.01. The highest BCUT2D eigenvalue weighted by Crippen LogP contribution is 1.94. The minimum Gasteiger partial charge on any atom is -0.465 e. The van der Waals surface area contributed by atoms with Gasteiger partial charge in [0.2, 0.25) is 5.95 Å². The number of carbonyl (C=O) groups excluding carboxylic acids is 1. The largest absolute Gasteiger partial charge is 0.465 e. The fourth-order valence-corrected chi connectivity index (χ4v) is 0.833. The van der Waals surface area contributed by atoms with Crippen molar-refractivity contribution in [2.75, 3.05) is 12.3 Å². The van der Waals surface area contributed by atoms with Crippen molar-refractivity contribution in [2.24, 2.45) is 0 Å². The molecule has 1 rings (SSSR count). The Bertz CT molecular complexity index is 389. The normalized spacial score (nSPS) is 8.87. The Morgan fingerprint density at radius 1 is 1.53 bits per heavy atom. The van der Waals surface area contributed by atoms with E-state index in [0.717, 1.165) is 0 Å². The summed E-state index contributed by atoms with van der Waals surface area (Å²) < 4.78 is 4.71. The molecule has 0 aliphatic rings. The van der Waals surface area contributed by atoms with Crippen molar-refractivity contribution in [3.63, 3.8) is 0 Å². The zero-order valence-corrected chi connectivity index (χ0v) is 8.36. The van der Waals surface area contributed by atoms with Gasteiger partial charge in [0, 0.05) is 12.4 Å². The first-order valence-corrected chi connectivity index (χ1v) is 4.44. The van der Waals surface area contributed by atoms with Gasteiger partial charge in [0.1, 0.15) is 6.42 Å². The number of nitrogen functional groups attached to an aromatic ring is 1. The third-order valence-corrected chi connectivity index (χ3v) is 1.44. The second-order valence-corrected chi connectivity index (χ2v) is 2.61. The number of aromatic nitrogens is 2. The number of rotatable bonds is 2. The molecule has 0 aliphatic carbocycles. The molecule has 78 valence electrons. The molecule has 1 heterocycles. The van der Waals surface area contributed by atoms with Gasteiger partial charge in [-0.2, -0.15) is 0 Å². The number of hydrogen-bond acceptors (Lipinski definition) is 5. The highest BCUT2D eigenvalue weighted by molar-refractivity contribution is 5.72. The quantitative estimate of drug-likeness (QED) is 0.557. The van der Waals surface area contributed by atoms with E-state index in [9.17, 15) is 4.79 Å². The highest BCUT2D eigenvalue weighted by Gasteiger charge is 1.96. The van der Waals surface area contributed by atoms with Crippen molar-refractivity contribution in [1.82, 2.24) is 9.97 Å². The lowest BCUT2D eigenvalue weighted by molar-refractivity contribution is -0.141. The van der Waals surface area contributed by atoms with Crippen LogP contribution in [0.2, 0.25) is 0 Å². The Morgan fingerprint density at radius 2 is 2.20 bits per heavy atom. The fraction of sp³-hybridized carbons (Fsp3) is 0.300. The molecule has 0 spiro atoms. The second-order valence-electron chi connectivity index (χ2n) is 2.61. The van der Waals surface area contributed by atoms with Crippen molar-refractivity contribution < 1.29 is 9.53 Å². The maximum absolute atomic E-state index is 10.9. The van der Waals surface area contributed by atoms with Gasteiger partial charge in [-0.25, -0.2) is 9.97 Å². The van der Waals surface area contributed by atoms with E-state index in [1.54, 1.807) is 6.92 Å². The maximum Gasteiger partial charge on any atom is 0.317 e. The fourth-order valence-electron chi connectivity index (χ4n) is 0.833. The van der Waals surface area contributed by atoms with E-state index in [4.69, 9.17) is 10.5 Å². The van der Waals surface area contributed by atoms with E-state index < -0.39 is 0 Å². The van der Waals surface area contributed by atoms with E-state index in [-0.39, 0.29) is 18.3 Å². The van der Waals surface area contributed by atoms with E-state index in [1.165, 1.54) is 12.4 Å². The Hall–Kier alpha value is -2.09. The number of nitrogens with two attached hydrogens (primary N) is 1. The minimum atomic E-state index is -0.332. The molecule has 0 amide bonds. The number of hydrogen-bond donors (Lipinski definition) is 1. The van der Waals surface area contributed by atoms with Gasteiger partial charge in [-0.3, -0.25) is 4.79 Å². The summed E-state index contributed by atoms with van der Waals surface area (Å²) in [6, 6.07) is 0. The molecule has 0 aliphatic heterocycles. The van der Waals surface area contributed by atoms with Gasteiger partial charge < -0.3 is 10.5 Å². The number of nitrogens with zero attached hydrogens (tertiary/aromatic N) is 2. The van der Waals surface area contributed by atoms with Crippen LogP contribution in [0.3, 0.4) is 0 Å². The van der Waals surface area contributed by atoms with Crippen LogP contribution in [-0.4, -0.2) is 22.5 Å². The van der Waals surface area contributed by atoms with Gasteiger partial charge in [0.15, 0.2) is 0 Å². The molecule has 0 bridgehead atoms. The molecular formula is C10H11N3O2. The molecule has 15 heavy (non-hydrogen) atoms. The third-order valence-electron chi connectivity index (χ3n) is 1.44. The summed E-state index contributed by atoms with van der Waals surface area (Å²) in [6.45, 7) is 2.12. The Morgan fingerprint density at radius 3 is 2.80 bits per heavy atom. The summed E-state index contributed by atoms with van der Waals surface area (Å²) in [7, 11) is 0. The van der Waals surface area contributed by atoms with Gasteiger partial charge in [-0.05, 0) is 6.92 Å². The Kier molecular flexibility index (Phi) is 4.10. The first-order chi connectivity index (χ1) is 7.22. The molecular weight excluding hydrogens is 194 g/mol. The molecule has 1 aromatic rings. The zero-order chi connectivity index (χ0) is 11.1. The molecule has 0 saturated carbocycles. The monoisotopic (exact) mass is 205 g/mol. The highest BCUT2D eigenvalue weighted by atomic mass is 16.5. The molecule has 0 unspecified atom stereocenters. The van der Waals surface area contributed by atoms with Gasteiger partial charge in [-0.1, -0.05) is 11.8 Å². The Balaban J connectivity index is 2.51. The average Bonchev–Trinajstić information content (AvgIpc) is 2.21. The smallest absolute Gasteiger partial charge is 0.317 e. The minimum absolute atomic E-state index is 0.0677. The number of carbonyl (C=O) groups is 1. The lowest BCUT2D eigenvalue weighted by Gasteiger charge is -1.94. The van der Waals surface area contributed by atoms with E-state index >= 15 is 0 Å². The van der Waals surface area contributed by atoms with Crippen LogP contribution in [0.15, 0.2) is 12.4 Å². The predicted molar refractivity (Wildman–Crippen MR) is 54.6 cm³/mol. The van der Waals surface area contributed by atoms with E-state index in [0.29, 0.717) is 12.2 Å². The zero-order valence-electron chi connectivity index (χ0n) is 8.36. The summed E-state index contributed by atoms with van der Waals surface area (Å²) in [5, 5.41) is 0. The number of anilines is 1. The molecule has 0 aromatic carbocycles. The average molecular weight is 205 g/mol. The topological polar surface area (TPSA) is 78.1 Å². The summed E-state index contributed by atoms with van der Waals surface area (Å²) in [5.74, 6) is 5.26. The predicted octanol–water partition coefficient (Wildman–Crippen LogP) is 0.363. The van der Waals surface area contributed by atoms with Crippen molar-refractivity contribution in [1.29, 1.82) is 0 Å². The van der Waals surface area contributed by atoms with Gasteiger partial charge >= 0.3 is 5.97 Å². The van der Waals surface area contributed by atoms with Gasteiger partial charge in [0.05, 0.1) is 12.2 Å². The molecule has 0 atom stereocenters. The first kappa shape index (κ1) is 11.0. The maximum atomic E-state index is 10.9. The SMILES string of the molecule is CCOC(=O)CC#Cc1cnc(N)nc1. The van der Waals surface area contributed by atoms with E-state index in [1.807, 2.05) is 0 Å². The lowest BCUT2D eigenvalue weighted by atomic mass is 10.3. The standard InChI is InChI=1S/C10H11N3O2/c1-2-15-9(14)5-3-4-8-6-12-10(11)13-7-8/h6-7H,2,5H2,1H3,(H2,11,12,13). The van der Waals surface area contributed by atoms with Crippen LogP contribution in [0.4, 0.5) is 5.95 Å². The van der Waals surface area contributed by atoms with Crippen LogP contribution in [0, 0.1) is 11.8 Å². The molecule has 0 fully saturated rings. The van der Waals surface area contributed by atoms with Crippen LogP contribution >= 0.6 is 0 Å². The van der Waals surface area contributed by atoms with Crippen LogP contribution in [0.1, 0.15) is 18.9 Å². The summed E-state index contributed by atoms with van der Waals surface area (Å²) in [6.07, 6.45) is 3.07. The van der Waals surface area contributed by atoms with Crippen LogP contribution in [0.25, 0.3) is 0 Å². The third kappa shape index (κ3) is 4.09. The van der Waals surface area contributed by atoms with Gasteiger partial charge in [-0.15, -0.1) is 0 Å². The second kappa shape index (κ2) is 5.60. The van der Waals surface area contributed by atoms with Crippen molar-refractivity contribution >= 4 is 11.9 Å². The Labute approximate surface area is 87.7 Å². The number of esters is 1. The molecule has 0 radical (unpaired) electrons. The van der Waals surface area contributed by atoms with Gasteiger partial charge in [0.25, 0.3) is 0 Å². The summed E-state index contributed by atoms with van der Waals surface area (Å²) in [4.78, 5) is 18.4.